The lowest BCUT2D eigenvalue weighted by Crippen LogP contribution is -2.12. The summed E-state index contributed by atoms with van der Waals surface area (Å²) in [7, 11) is 0. The summed E-state index contributed by atoms with van der Waals surface area (Å²) in [6.07, 6.45) is 1.82. The van der Waals surface area contributed by atoms with Gasteiger partial charge in [0.25, 0.3) is 0 Å². The molecule has 2 heterocycles. The number of hydrogen-bond donors (Lipinski definition) is 1. The summed E-state index contributed by atoms with van der Waals surface area (Å²) < 4.78 is 11.5. The average Bonchev–Trinajstić information content (AvgIpc) is 2.61. The molecule has 2 N–H and O–H groups in total. The standard InChI is InChI=1S/C16H18N2O2/c1-10-5-13(17)16(18-7-10)12-3-4-14-15(6-12)20-9-11(2)8-19-14/h3-7,11H,8-9,17H2,1-2H3. The van der Waals surface area contributed by atoms with Gasteiger partial charge in [0.15, 0.2) is 11.5 Å². The molecule has 3 rings (SSSR count). The zero-order chi connectivity index (χ0) is 14.1. The van der Waals surface area contributed by atoms with E-state index in [9.17, 15) is 0 Å². The number of ether oxygens (including phenoxy) is 2. The Hall–Kier alpha value is -2.23. The smallest absolute Gasteiger partial charge is 0.161 e. The molecular formula is C16H18N2O2. The molecule has 1 aromatic heterocycles. The lowest BCUT2D eigenvalue weighted by molar-refractivity contribution is 0.228. The molecule has 0 amide bonds. The lowest BCUT2D eigenvalue weighted by atomic mass is 10.1. The first-order valence-electron chi connectivity index (χ1n) is 6.75. The summed E-state index contributed by atoms with van der Waals surface area (Å²) in [5.74, 6) is 1.92. The van der Waals surface area contributed by atoms with Gasteiger partial charge in [-0.25, -0.2) is 0 Å². The fourth-order valence-electron chi connectivity index (χ4n) is 2.23. The van der Waals surface area contributed by atoms with Crippen molar-refractivity contribution in [3.63, 3.8) is 0 Å². The first-order chi connectivity index (χ1) is 9.63. The Morgan fingerprint density at radius 1 is 1.15 bits per heavy atom. The van der Waals surface area contributed by atoms with Gasteiger partial charge in [-0.2, -0.15) is 0 Å². The van der Waals surface area contributed by atoms with E-state index in [1.54, 1.807) is 0 Å². The quantitative estimate of drug-likeness (QED) is 0.865. The first-order valence-corrected chi connectivity index (χ1v) is 6.75. The molecule has 1 unspecified atom stereocenters. The van der Waals surface area contributed by atoms with E-state index in [2.05, 4.69) is 11.9 Å². The molecule has 0 saturated heterocycles. The van der Waals surface area contributed by atoms with Crippen molar-refractivity contribution in [2.75, 3.05) is 18.9 Å². The molecule has 0 saturated carbocycles. The minimum absolute atomic E-state index is 0.383. The van der Waals surface area contributed by atoms with Gasteiger partial charge in [-0.3, -0.25) is 4.98 Å². The molecule has 0 spiro atoms. The van der Waals surface area contributed by atoms with Gasteiger partial charge < -0.3 is 15.2 Å². The van der Waals surface area contributed by atoms with Crippen molar-refractivity contribution in [2.24, 2.45) is 5.92 Å². The number of pyridine rings is 1. The van der Waals surface area contributed by atoms with Crippen molar-refractivity contribution in [3.8, 4) is 22.8 Å². The second-order valence-electron chi connectivity index (χ2n) is 5.34. The number of nitrogen functional groups attached to an aromatic ring is 1. The van der Waals surface area contributed by atoms with Crippen molar-refractivity contribution in [3.05, 3.63) is 36.0 Å². The predicted molar refractivity (Wildman–Crippen MR) is 79.0 cm³/mol. The number of nitrogens with two attached hydrogens (primary N) is 1. The topological polar surface area (TPSA) is 57.4 Å². The van der Waals surface area contributed by atoms with E-state index in [1.165, 1.54) is 0 Å². The molecule has 0 fully saturated rings. The SMILES string of the molecule is Cc1cnc(-c2ccc3c(c2)OCC(C)CO3)c(N)c1. The maximum atomic E-state index is 6.05. The summed E-state index contributed by atoms with van der Waals surface area (Å²) in [6.45, 7) is 5.42. The van der Waals surface area contributed by atoms with Crippen molar-refractivity contribution >= 4 is 5.69 Å². The predicted octanol–water partition coefficient (Wildman–Crippen LogP) is 3.05. The molecule has 1 atom stereocenters. The molecule has 0 bridgehead atoms. The highest BCUT2D eigenvalue weighted by atomic mass is 16.5. The van der Waals surface area contributed by atoms with Crippen LogP contribution in [0.1, 0.15) is 12.5 Å². The summed E-state index contributed by atoms with van der Waals surface area (Å²) in [5.41, 5.74) is 9.49. The van der Waals surface area contributed by atoms with Gasteiger partial charge in [-0.1, -0.05) is 6.92 Å². The van der Waals surface area contributed by atoms with E-state index < -0.39 is 0 Å². The molecule has 104 valence electrons. The van der Waals surface area contributed by atoms with Gasteiger partial charge in [0.05, 0.1) is 24.6 Å². The summed E-state index contributed by atoms with van der Waals surface area (Å²) in [6, 6.07) is 7.75. The van der Waals surface area contributed by atoms with Crippen LogP contribution in [0, 0.1) is 12.8 Å². The monoisotopic (exact) mass is 270 g/mol. The third-order valence-corrected chi connectivity index (χ3v) is 3.32. The fraction of sp³-hybridized carbons (Fsp3) is 0.312. The molecule has 1 aromatic carbocycles. The van der Waals surface area contributed by atoms with Gasteiger partial charge in [0.2, 0.25) is 0 Å². The molecule has 0 aliphatic carbocycles. The average molecular weight is 270 g/mol. The minimum Gasteiger partial charge on any atom is -0.489 e. The van der Waals surface area contributed by atoms with Crippen LogP contribution < -0.4 is 15.2 Å². The van der Waals surface area contributed by atoms with Crippen LogP contribution in [0.5, 0.6) is 11.5 Å². The Labute approximate surface area is 118 Å². The van der Waals surface area contributed by atoms with Crippen molar-refractivity contribution in [1.29, 1.82) is 0 Å². The van der Waals surface area contributed by atoms with E-state index in [0.717, 1.165) is 28.3 Å². The first kappa shape index (κ1) is 12.8. The Kier molecular flexibility index (Phi) is 3.22. The number of anilines is 1. The van der Waals surface area contributed by atoms with E-state index >= 15 is 0 Å². The summed E-state index contributed by atoms with van der Waals surface area (Å²) >= 11 is 0. The summed E-state index contributed by atoms with van der Waals surface area (Å²) in [4.78, 5) is 4.41. The number of nitrogens with zero attached hydrogens (tertiary/aromatic N) is 1. The molecule has 4 nitrogen and oxygen atoms in total. The van der Waals surface area contributed by atoms with Crippen molar-refractivity contribution < 1.29 is 9.47 Å². The Balaban J connectivity index is 2.00. The van der Waals surface area contributed by atoms with Gasteiger partial charge in [0, 0.05) is 17.7 Å². The molecule has 2 aromatic rings. The maximum Gasteiger partial charge on any atom is 0.161 e. The molecule has 20 heavy (non-hydrogen) atoms. The van der Waals surface area contributed by atoms with E-state index in [0.29, 0.717) is 24.8 Å². The second kappa shape index (κ2) is 5.04. The second-order valence-corrected chi connectivity index (χ2v) is 5.34. The highest BCUT2D eigenvalue weighted by Crippen LogP contribution is 2.35. The van der Waals surface area contributed by atoms with Crippen LogP contribution in [0.3, 0.4) is 0 Å². The van der Waals surface area contributed by atoms with E-state index in [1.807, 2.05) is 37.4 Å². The highest BCUT2D eigenvalue weighted by molar-refractivity contribution is 5.74. The fourth-order valence-corrected chi connectivity index (χ4v) is 2.23. The Morgan fingerprint density at radius 2 is 1.90 bits per heavy atom. The van der Waals surface area contributed by atoms with Crippen LogP contribution in [0.4, 0.5) is 5.69 Å². The summed E-state index contributed by atoms with van der Waals surface area (Å²) in [5, 5.41) is 0. The van der Waals surface area contributed by atoms with Gasteiger partial charge in [0.1, 0.15) is 0 Å². The molecule has 0 radical (unpaired) electrons. The molecule has 4 heteroatoms. The van der Waals surface area contributed by atoms with E-state index in [-0.39, 0.29) is 0 Å². The molecule has 1 aliphatic heterocycles. The number of benzene rings is 1. The van der Waals surface area contributed by atoms with Crippen molar-refractivity contribution in [1.82, 2.24) is 4.98 Å². The van der Waals surface area contributed by atoms with Gasteiger partial charge in [-0.05, 0) is 36.8 Å². The molecule has 1 aliphatic rings. The third-order valence-electron chi connectivity index (χ3n) is 3.32. The van der Waals surface area contributed by atoms with Gasteiger partial charge in [-0.15, -0.1) is 0 Å². The van der Waals surface area contributed by atoms with Crippen LogP contribution in [-0.4, -0.2) is 18.2 Å². The van der Waals surface area contributed by atoms with E-state index in [4.69, 9.17) is 15.2 Å². The molecular weight excluding hydrogens is 252 g/mol. The van der Waals surface area contributed by atoms with Crippen molar-refractivity contribution in [2.45, 2.75) is 13.8 Å². The lowest BCUT2D eigenvalue weighted by Gasteiger charge is -2.10. The van der Waals surface area contributed by atoms with Crippen LogP contribution >= 0.6 is 0 Å². The minimum atomic E-state index is 0.383. The maximum absolute atomic E-state index is 6.05. The number of aromatic nitrogens is 1. The zero-order valence-corrected chi connectivity index (χ0v) is 11.7. The Bertz CT molecular complexity index is 640. The number of aryl methyl sites for hydroxylation is 1. The zero-order valence-electron chi connectivity index (χ0n) is 11.7. The van der Waals surface area contributed by atoms with Crippen LogP contribution in [0.25, 0.3) is 11.3 Å². The third kappa shape index (κ3) is 2.41. The normalized spacial score (nSPS) is 17.6. The van der Waals surface area contributed by atoms with Crippen LogP contribution in [-0.2, 0) is 0 Å². The largest absolute Gasteiger partial charge is 0.489 e. The van der Waals surface area contributed by atoms with Crippen LogP contribution in [0.15, 0.2) is 30.5 Å². The number of rotatable bonds is 1. The number of fused-ring (bicyclic) bond motifs is 1. The van der Waals surface area contributed by atoms with Crippen LogP contribution in [0.2, 0.25) is 0 Å². The number of hydrogen-bond acceptors (Lipinski definition) is 4. The highest BCUT2D eigenvalue weighted by Gasteiger charge is 2.16. The van der Waals surface area contributed by atoms with Gasteiger partial charge >= 0.3 is 0 Å². The Morgan fingerprint density at radius 3 is 2.65 bits per heavy atom.